The van der Waals surface area contributed by atoms with Crippen molar-refractivity contribution in [3.63, 3.8) is 0 Å². The first-order valence-corrected chi connectivity index (χ1v) is 9.57. The number of carbonyl (C=O) groups excluding carboxylic acids is 1. The highest BCUT2D eigenvalue weighted by Gasteiger charge is 2.36. The van der Waals surface area contributed by atoms with Crippen molar-refractivity contribution in [1.29, 1.82) is 0 Å². The summed E-state index contributed by atoms with van der Waals surface area (Å²) in [6, 6.07) is 13.0. The Morgan fingerprint density at radius 3 is 2.52 bits per heavy atom. The maximum Gasteiger partial charge on any atom is 0.281 e. The van der Waals surface area contributed by atoms with E-state index >= 15 is 0 Å². The number of ether oxygens (including phenoxy) is 2. The topological polar surface area (TPSA) is 42.0 Å². The number of carbonyl (C=O) groups is 1. The van der Waals surface area contributed by atoms with Gasteiger partial charge in [0.2, 0.25) is 0 Å². The minimum atomic E-state index is -0.172. The molecule has 0 unspecified atom stereocenters. The maximum atomic E-state index is 13.0. The molecule has 7 heteroatoms. The average Bonchev–Trinajstić information content (AvgIpc) is 2.88. The third-order valence-corrected chi connectivity index (χ3v) is 5.29. The summed E-state index contributed by atoms with van der Waals surface area (Å²) in [6.45, 7) is 2.42. The summed E-state index contributed by atoms with van der Waals surface area (Å²) in [5.74, 6) is 1.07. The first-order chi connectivity index (χ1) is 13.0. The first kappa shape index (κ1) is 19.4. The minimum absolute atomic E-state index is 0.172. The molecule has 2 aromatic rings. The van der Waals surface area contributed by atoms with Crippen molar-refractivity contribution in [2.75, 3.05) is 25.7 Å². The van der Waals surface area contributed by atoms with Crippen molar-refractivity contribution in [2.24, 2.45) is 0 Å². The molecule has 1 aliphatic heterocycles. The average molecular weight is 447 g/mol. The van der Waals surface area contributed by atoms with Gasteiger partial charge in [-0.3, -0.25) is 9.69 Å². The van der Waals surface area contributed by atoms with Gasteiger partial charge in [-0.2, -0.15) is 0 Å². The maximum absolute atomic E-state index is 13.0. The molecule has 0 saturated carbocycles. The van der Waals surface area contributed by atoms with E-state index in [9.17, 15) is 4.79 Å². The van der Waals surface area contributed by atoms with Crippen LogP contribution in [0.4, 0.5) is 5.69 Å². The Bertz CT molecular complexity index is 915. The van der Waals surface area contributed by atoms with Crippen LogP contribution in [0.3, 0.4) is 0 Å². The molecule has 27 heavy (non-hydrogen) atoms. The standard InChI is InChI=1S/C20H19BrN2O3S/c1-4-26-18-11-13(15(21)12-17(18)25-3)10-16-19(24)23(20(27)22(16)2)14-8-6-5-7-9-14/h5-12H,4H2,1-3H3/b16-10-. The van der Waals surface area contributed by atoms with E-state index in [0.29, 0.717) is 28.9 Å². The van der Waals surface area contributed by atoms with Crippen molar-refractivity contribution >= 4 is 50.9 Å². The van der Waals surface area contributed by atoms with Crippen LogP contribution >= 0.6 is 28.1 Å². The lowest BCUT2D eigenvalue weighted by atomic mass is 10.1. The Morgan fingerprint density at radius 2 is 1.89 bits per heavy atom. The van der Waals surface area contributed by atoms with Gasteiger partial charge in [0, 0.05) is 11.5 Å². The van der Waals surface area contributed by atoms with Gasteiger partial charge in [-0.05, 0) is 55.0 Å². The third kappa shape index (κ3) is 3.70. The number of amides is 1. The molecule has 3 rings (SSSR count). The number of hydrogen-bond donors (Lipinski definition) is 0. The number of hydrogen-bond acceptors (Lipinski definition) is 4. The first-order valence-electron chi connectivity index (χ1n) is 8.37. The molecule has 0 N–H and O–H groups in total. The normalized spacial score (nSPS) is 15.6. The van der Waals surface area contributed by atoms with Crippen LogP contribution in [0.5, 0.6) is 11.5 Å². The van der Waals surface area contributed by atoms with Crippen molar-refractivity contribution in [3.8, 4) is 11.5 Å². The van der Waals surface area contributed by atoms with Crippen LogP contribution < -0.4 is 14.4 Å². The van der Waals surface area contributed by atoms with Crippen LogP contribution in [-0.4, -0.2) is 36.7 Å². The highest BCUT2D eigenvalue weighted by Crippen LogP contribution is 2.36. The van der Waals surface area contributed by atoms with Gasteiger partial charge in [0.25, 0.3) is 5.91 Å². The fourth-order valence-electron chi connectivity index (χ4n) is 2.80. The number of likely N-dealkylation sites (N-methyl/N-ethyl adjacent to an activating group) is 1. The molecule has 0 aliphatic carbocycles. The predicted molar refractivity (Wildman–Crippen MR) is 114 cm³/mol. The zero-order valence-corrected chi connectivity index (χ0v) is 17.6. The molecule has 0 radical (unpaired) electrons. The summed E-state index contributed by atoms with van der Waals surface area (Å²) >= 11 is 9.03. The third-order valence-electron chi connectivity index (χ3n) is 4.15. The van der Waals surface area contributed by atoms with Crippen LogP contribution in [0, 0.1) is 0 Å². The van der Waals surface area contributed by atoms with Crippen LogP contribution in [0.2, 0.25) is 0 Å². The fraction of sp³-hybridized carbons (Fsp3) is 0.200. The largest absolute Gasteiger partial charge is 0.493 e. The van der Waals surface area contributed by atoms with E-state index in [1.807, 2.05) is 49.4 Å². The SMILES string of the molecule is CCOc1cc(/C=C2/C(=O)N(c3ccccc3)C(=S)N2C)c(Br)cc1OC. The van der Waals surface area contributed by atoms with Gasteiger partial charge >= 0.3 is 0 Å². The monoisotopic (exact) mass is 446 g/mol. The van der Waals surface area contributed by atoms with E-state index in [2.05, 4.69) is 15.9 Å². The molecule has 140 valence electrons. The molecular formula is C20H19BrN2O3S. The van der Waals surface area contributed by atoms with Crippen LogP contribution in [0.15, 0.2) is 52.6 Å². The lowest BCUT2D eigenvalue weighted by Crippen LogP contribution is -2.30. The van der Waals surface area contributed by atoms with E-state index in [1.165, 1.54) is 4.90 Å². The summed E-state index contributed by atoms with van der Waals surface area (Å²) in [5, 5.41) is 0.437. The second-order valence-corrected chi connectivity index (χ2v) is 7.02. The zero-order valence-electron chi connectivity index (χ0n) is 15.2. The molecule has 1 aliphatic rings. The van der Waals surface area contributed by atoms with Gasteiger partial charge in [0.05, 0.1) is 19.4 Å². The highest BCUT2D eigenvalue weighted by atomic mass is 79.9. The van der Waals surface area contributed by atoms with Gasteiger partial charge in [-0.1, -0.05) is 34.1 Å². The Kier molecular flexibility index (Phi) is 5.82. The predicted octanol–water partition coefficient (Wildman–Crippen LogP) is 4.46. The number of thiocarbonyl (C=S) groups is 1. The Morgan fingerprint density at radius 1 is 1.19 bits per heavy atom. The van der Waals surface area contributed by atoms with Crippen molar-refractivity contribution in [2.45, 2.75) is 6.92 Å². The quantitative estimate of drug-likeness (QED) is 0.500. The molecule has 0 aromatic heterocycles. The molecule has 1 fully saturated rings. The Labute approximate surface area is 172 Å². The molecule has 5 nitrogen and oxygen atoms in total. The number of methoxy groups -OCH3 is 1. The summed E-state index contributed by atoms with van der Waals surface area (Å²) < 4.78 is 11.8. The van der Waals surface area contributed by atoms with Crippen molar-refractivity contribution in [1.82, 2.24) is 4.90 Å². The van der Waals surface area contributed by atoms with Gasteiger partial charge in [-0.25, -0.2) is 0 Å². The van der Waals surface area contributed by atoms with Gasteiger partial charge in [-0.15, -0.1) is 0 Å². The minimum Gasteiger partial charge on any atom is -0.493 e. The molecule has 0 atom stereocenters. The van der Waals surface area contributed by atoms with E-state index < -0.39 is 0 Å². The van der Waals surface area contributed by atoms with Crippen molar-refractivity contribution < 1.29 is 14.3 Å². The molecular weight excluding hydrogens is 428 g/mol. The summed E-state index contributed by atoms with van der Waals surface area (Å²) in [5.41, 5.74) is 2.02. The van der Waals surface area contributed by atoms with E-state index in [4.69, 9.17) is 21.7 Å². The number of anilines is 1. The zero-order chi connectivity index (χ0) is 19.6. The molecule has 0 spiro atoms. The Balaban J connectivity index is 2.03. The smallest absolute Gasteiger partial charge is 0.281 e. The summed E-state index contributed by atoms with van der Waals surface area (Å²) in [7, 11) is 3.38. The van der Waals surface area contributed by atoms with Crippen LogP contribution in [0.1, 0.15) is 12.5 Å². The second kappa shape index (κ2) is 8.10. The molecule has 1 amide bonds. The second-order valence-electron chi connectivity index (χ2n) is 5.80. The van der Waals surface area contributed by atoms with Crippen LogP contribution in [-0.2, 0) is 4.79 Å². The van der Waals surface area contributed by atoms with Crippen molar-refractivity contribution in [3.05, 3.63) is 58.2 Å². The molecule has 0 bridgehead atoms. The van der Waals surface area contributed by atoms with Gasteiger partial charge in [0.15, 0.2) is 16.6 Å². The fourth-order valence-corrected chi connectivity index (χ4v) is 3.52. The van der Waals surface area contributed by atoms with Crippen LogP contribution in [0.25, 0.3) is 6.08 Å². The summed E-state index contributed by atoms with van der Waals surface area (Å²) in [6.07, 6.45) is 1.80. The Hall–Kier alpha value is -2.38. The van der Waals surface area contributed by atoms with E-state index in [-0.39, 0.29) is 5.91 Å². The van der Waals surface area contributed by atoms with Gasteiger partial charge < -0.3 is 14.4 Å². The number of nitrogens with zero attached hydrogens (tertiary/aromatic N) is 2. The summed E-state index contributed by atoms with van der Waals surface area (Å²) in [4.78, 5) is 16.3. The van der Waals surface area contributed by atoms with Gasteiger partial charge in [0.1, 0.15) is 5.70 Å². The lowest BCUT2D eigenvalue weighted by Gasteiger charge is -2.16. The number of halogens is 1. The molecule has 1 heterocycles. The number of rotatable bonds is 5. The highest BCUT2D eigenvalue weighted by molar-refractivity contribution is 9.10. The molecule has 1 saturated heterocycles. The number of para-hydroxylation sites is 1. The van der Waals surface area contributed by atoms with E-state index in [1.54, 1.807) is 25.1 Å². The molecule has 2 aromatic carbocycles. The van der Waals surface area contributed by atoms with E-state index in [0.717, 1.165) is 15.7 Å². The number of benzene rings is 2. The lowest BCUT2D eigenvalue weighted by molar-refractivity contribution is -0.114.